The van der Waals surface area contributed by atoms with Crippen molar-refractivity contribution in [3.8, 4) is 22.5 Å². The quantitative estimate of drug-likeness (QED) is 0.175. The number of thioether (sulfide) groups is 1. The highest BCUT2D eigenvalue weighted by Gasteiger charge is 2.15. The molecule has 6 heteroatoms. The highest BCUT2D eigenvalue weighted by Crippen LogP contribution is 2.32. The van der Waals surface area contributed by atoms with Crippen LogP contribution in [0.15, 0.2) is 90.1 Å². The summed E-state index contributed by atoms with van der Waals surface area (Å²) in [4.78, 5) is 32.0. The third-order valence-electron chi connectivity index (χ3n) is 5.42. The number of ketones is 1. The number of benzene rings is 3. The zero-order chi connectivity index (χ0) is 23.8. The van der Waals surface area contributed by atoms with Crippen LogP contribution >= 0.6 is 11.8 Å². The van der Waals surface area contributed by atoms with Crippen LogP contribution in [0.5, 0.6) is 0 Å². The second-order valence-electron chi connectivity index (χ2n) is 7.99. The van der Waals surface area contributed by atoms with Crippen molar-refractivity contribution in [3.63, 3.8) is 0 Å². The van der Waals surface area contributed by atoms with Gasteiger partial charge in [0.2, 0.25) is 5.91 Å². The maximum atomic E-state index is 12.8. The molecule has 0 saturated heterocycles. The first-order valence-electron chi connectivity index (χ1n) is 11.3. The molecule has 0 aliphatic heterocycles. The normalized spacial score (nSPS) is 10.7. The summed E-state index contributed by atoms with van der Waals surface area (Å²) in [6, 6.07) is 27.9. The van der Waals surface area contributed by atoms with E-state index >= 15 is 0 Å². The average Bonchev–Trinajstić information content (AvgIpc) is 3.31. The molecule has 0 atom stereocenters. The lowest BCUT2D eigenvalue weighted by molar-refractivity contribution is -0.118. The largest absolute Gasteiger partial charge is 0.356 e. The Hall–Kier alpha value is -3.64. The minimum Gasteiger partial charge on any atom is -0.356 e. The van der Waals surface area contributed by atoms with Gasteiger partial charge in [-0.2, -0.15) is 0 Å². The van der Waals surface area contributed by atoms with Crippen LogP contribution in [-0.4, -0.2) is 34.0 Å². The number of nitrogens with one attached hydrogen (secondary N) is 2. The Morgan fingerprint density at radius 1 is 0.882 bits per heavy atom. The van der Waals surface area contributed by atoms with Gasteiger partial charge in [-0.25, -0.2) is 4.98 Å². The number of Topliss-reactive ketones (excluding diaryl/α,β-unsaturated/α-hetero) is 1. The van der Waals surface area contributed by atoms with Crippen molar-refractivity contribution in [1.82, 2.24) is 15.3 Å². The minimum atomic E-state index is -0.0122. The van der Waals surface area contributed by atoms with E-state index in [0.717, 1.165) is 46.1 Å². The SMILES string of the molecule is CC(=O)NCCCc1ccc(C(=O)CSc2nc(-c3ccccc3)c(-c3ccccc3)[nH]2)cc1. The molecule has 0 aliphatic carbocycles. The zero-order valence-corrected chi connectivity index (χ0v) is 19.9. The van der Waals surface area contributed by atoms with Gasteiger partial charge in [0.15, 0.2) is 10.9 Å². The molecular weight excluding hydrogens is 442 g/mol. The van der Waals surface area contributed by atoms with E-state index < -0.39 is 0 Å². The second kappa shape index (κ2) is 11.5. The molecule has 2 N–H and O–H groups in total. The molecule has 172 valence electrons. The van der Waals surface area contributed by atoms with Gasteiger partial charge >= 0.3 is 0 Å². The van der Waals surface area contributed by atoms with Gasteiger partial charge in [-0.1, -0.05) is 96.7 Å². The van der Waals surface area contributed by atoms with Crippen molar-refractivity contribution in [2.45, 2.75) is 24.9 Å². The van der Waals surface area contributed by atoms with Crippen LogP contribution in [0, 0.1) is 0 Å². The lowest BCUT2D eigenvalue weighted by Gasteiger charge is -2.04. The fraction of sp³-hybridized carbons (Fsp3) is 0.179. The summed E-state index contributed by atoms with van der Waals surface area (Å²) in [6.45, 7) is 2.18. The molecule has 5 nitrogen and oxygen atoms in total. The van der Waals surface area contributed by atoms with E-state index in [1.807, 2.05) is 72.8 Å². The fourth-order valence-electron chi connectivity index (χ4n) is 3.67. The maximum absolute atomic E-state index is 12.8. The van der Waals surface area contributed by atoms with Crippen LogP contribution in [0.1, 0.15) is 29.3 Å². The summed E-state index contributed by atoms with van der Waals surface area (Å²) >= 11 is 1.42. The van der Waals surface area contributed by atoms with Gasteiger partial charge in [-0.3, -0.25) is 9.59 Å². The van der Waals surface area contributed by atoms with E-state index in [1.54, 1.807) is 0 Å². The van der Waals surface area contributed by atoms with Crippen LogP contribution in [0.25, 0.3) is 22.5 Å². The zero-order valence-electron chi connectivity index (χ0n) is 19.1. The van der Waals surface area contributed by atoms with Crippen molar-refractivity contribution in [2.24, 2.45) is 0 Å². The number of H-pyrrole nitrogens is 1. The Morgan fingerprint density at radius 2 is 1.53 bits per heavy atom. The summed E-state index contributed by atoms with van der Waals surface area (Å²) in [5.41, 5.74) is 5.76. The number of aromatic nitrogens is 2. The molecule has 34 heavy (non-hydrogen) atoms. The predicted octanol–water partition coefficient (Wildman–Crippen LogP) is 5.79. The Bertz CT molecular complexity index is 1180. The van der Waals surface area contributed by atoms with Gasteiger partial charge in [-0.15, -0.1) is 0 Å². The highest BCUT2D eigenvalue weighted by atomic mass is 32.2. The molecule has 0 bridgehead atoms. The van der Waals surface area contributed by atoms with E-state index in [4.69, 9.17) is 4.98 Å². The third-order valence-corrected chi connectivity index (χ3v) is 6.30. The Balaban J connectivity index is 1.42. The Kier molecular flexibility index (Phi) is 7.94. The molecule has 4 rings (SSSR count). The monoisotopic (exact) mass is 469 g/mol. The number of hydrogen-bond donors (Lipinski definition) is 2. The first kappa shape index (κ1) is 23.5. The molecule has 0 fully saturated rings. The average molecular weight is 470 g/mol. The van der Waals surface area contributed by atoms with Gasteiger partial charge in [0.1, 0.15) is 0 Å². The lowest BCUT2D eigenvalue weighted by atomic mass is 10.1. The number of carbonyl (C=O) groups is 2. The molecule has 1 heterocycles. The standard InChI is InChI=1S/C28H27N3O2S/c1-20(32)29-18-8-9-21-14-16-22(17-15-21)25(33)19-34-28-30-26(23-10-4-2-5-11-23)27(31-28)24-12-6-3-7-13-24/h2-7,10-17H,8-9,18-19H2,1H3,(H,29,32)(H,30,31). The number of imidazole rings is 1. The van der Waals surface area contributed by atoms with Gasteiger partial charge in [-0.05, 0) is 18.4 Å². The van der Waals surface area contributed by atoms with Gasteiger partial charge < -0.3 is 10.3 Å². The van der Waals surface area contributed by atoms with Crippen LogP contribution in [0.2, 0.25) is 0 Å². The molecule has 4 aromatic rings. The number of amides is 1. The Labute approximate surface area is 204 Å². The summed E-state index contributed by atoms with van der Waals surface area (Å²) in [5.74, 6) is 0.355. The van der Waals surface area contributed by atoms with E-state index in [-0.39, 0.29) is 11.7 Å². The van der Waals surface area contributed by atoms with Crippen LogP contribution in [0.4, 0.5) is 0 Å². The predicted molar refractivity (Wildman–Crippen MR) is 138 cm³/mol. The number of rotatable bonds is 10. The molecule has 0 aliphatic rings. The smallest absolute Gasteiger partial charge is 0.216 e. The van der Waals surface area contributed by atoms with Crippen molar-refractivity contribution in [2.75, 3.05) is 12.3 Å². The van der Waals surface area contributed by atoms with Crippen molar-refractivity contribution >= 4 is 23.5 Å². The molecule has 0 spiro atoms. The van der Waals surface area contributed by atoms with Crippen molar-refractivity contribution < 1.29 is 9.59 Å². The number of hydrogen-bond acceptors (Lipinski definition) is 4. The van der Waals surface area contributed by atoms with E-state index in [0.29, 0.717) is 17.9 Å². The topological polar surface area (TPSA) is 74.8 Å². The van der Waals surface area contributed by atoms with E-state index in [9.17, 15) is 9.59 Å². The molecule has 0 unspecified atom stereocenters. The molecule has 1 aromatic heterocycles. The number of carbonyl (C=O) groups excluding carboxylic acids is 2. The third kappa shape index (κ3) is 6.23. The number of nitrogens with zero attached hydrogens (tertiary/aromatic N) is 1. The van der Waals surface area contributed by atoms with Gasteiger partial charge in [0.25, 0.3) is 0 Å². The molecule has 3 aromatic carbocycles. The van der Waals surface area contributed by atoms with Gasteiger partial charge in [0, 0.05) is 30.2 Å². The fourth-order valence-corrected chi connectivity index (χ4v) is 4.43. The molecule has 0 radical (unpaired) electrons. The van der Waals surface area contributed by atoms with Crippen LogP contribution in [-0.2, 0) is 11.2 Å². The van der Waals surface area contributed by atoms with Gasteiger partial charge in [0.05, 0.1) is 17.1 Å². The second-order valence-corrected chi connectivity index (χ2v) is 8.96. The Morgan fingerprint density at radius 3 is 2.18 bits per heavy atom. The summed E-state index contributed by atoms with van der Waals surface area (Å²) < 4.78 is 0. The summed E-state index contributed by atoms with van der Waals surface area (Å²) in [5, 5.41) is 3.52. The van der Waals surface area contributed by atoms with Crippen LogP contribution < -0.4 is 5.32 Å². The highest BCUT2D eigenvalue weighted by molar-refractivity contribution is 7.99. The first-order valence-corrected chi connectivity index (χ1v) is 12.3. The van der Waals surface area contributed by atoms with E-state index in [1.165, 1.54) is 18.7 Å². The minimum absolute atomic E-state index is 0.0122. The lowest BCUT2D eigenvalue weighted by Crippen LogP contribution is -2.21. The molecule has 0 saturated carbocycles. The summed E-state index contributed by atoms with van der Waals surface area (Å²) in [6.07, 6.45) is 1.73. The van der Waals surface area contributed by atoms with Crippen molar-refractivity contribution in [1.29, 1.82) is 0 Å². The van der Waals surface area contributed by atoms with E-state index in [2.05, 4.69) is 22.4 Å². The van der Waals surface area contributed by atoms with Crippen LogP contribution in [0.3, 0.4) is 0 Å². The summed E-state index contributed by atoms with van der Waals surface area (Å²) in [7, 11) is 0. The number of aromatic amines is 1. The van der Waals surface area contributed by atoms with Crippen molar-refractivity contribution in [3.05, 3.63) is 96.1 Å². The molecular formula is C28H27N3O2S. The molecule has 1 amide bonds. The number of aryl methyl sites for hydroxylation is 1. The maximum Gasteiger partial charge on any atom is 0.216 e. The first-order chi connectivity index (χ1) is 16.6.